The molecule has 182 valence electrons. The predicted octanol–water partition coefficient (Wildman–Crippen LogP) is 7.44. The average molecular weight is 462 g/mol. The molecule has 2 aromatic rings. The molecule has 0 saturated heterocycles. The molecule has 2 rings (SSSR count). The third kappa shape index (κ3) is 7.72. The number of carbonyl (C=O) groups is 1. The van der Waals surface area contributed by atoms with E-state index in [1.807, 2.05) is 70.2 Å². The van der Waals surface area contributed by atoms with Crippen molar-refractivity contribution in [2.45, 2.75) is 60.5 Å². The Morgan fingerprint density at radius 1 is 1.15 bits per heavy atom. The molecule has 0 bridgehead atoms. The first kappa shape index (κ1) is 27.1. The molecule has 0 amide bonds. The SMILES string of the molecule is C=C/C(=C\C(C)=C/C)C(OC(=O)C(C)(C)CC(C)(C)Cc1cccc(OC)c1)c1ccccn1. The summed E-state index contributed by atoms with van der Waals surface area (Å²) in [5, 5.41) is 0. The van der Waals surface area contributed by atoms with Crippen LogP contribution in [0, 0.1) is 10.8 Å². The largest absolute Gasteiger partial charge is 0.497 e. The zero-order valence-electron chi connectivity index (χ0n) is 21.7. The van der Waals surface area contributed by atoms with Gasteiger partial charge in [0.1, 0.15) is 5.75 Å². The van der Waals surface area contributed by atoms with Crippen molar-refractivity contribution in [1.29, 1.82) is 0 Å². The minimum Gasteiger partial charge on any atom is -0.497 e. The molecule has 1 aromatic carbocycles. The Bertz CT molecular complexity index is 1030. The molecule has 1 heterocycles. The number of carbonyl (C=O) groups excluding carboxylic acids is 1. The van der Waals surface area contributed by atoms with Gasteiger partial charge in [-0.3, -0.25) is 9.78 Å². The van der Waals surface area contributed by atoms with Crippen molar-refractivity contribution < 1.29 is 14.3 Å². The van der Waals surface area contributed by atoms with Gasteiger partial charge in [0.25, 0.3) is 0 Å². The molecule has 0 N–H and O–H groups in total. The lowest BCUT2D eigenvalue weighted by Crippen LogP contribution is -2.34. The third-order valence-electron chi connectivity index (χ3n) is 5.86. The molecule has 1 aromatic heterocycles. The molecule has 1 unspecified atom stereocenters. The lowest BCUT2D eigenvalue weighted by Gasteiger charge is -2.34. The molecule has 34 heavy (non-hydrogen) atoms. The first-order valence-corrected chi connectivity index (χ1v) is 11.7. The van der Waals surface area contributed by atoms with Gasteiger partial charge in [-0.2, -0.15) is 0 Å². The summed E-state index contributed by atoms with van der Waals surface area (Å²) in [6.07, 6.45) is 8.29. The van der Waals surface area contributed by atoms with E-state index in [9.17, 15) is 4.79 Å². The molecule has 0 aliphatic carbocycles. The van der Waals surface area contributed by atoms with Crippen molar-refractivity contribution in [3.05, 3.63) is 95.9 Å². The fourth-order valence-electron chi connectivity index (χ4n) is 4.35. The van der Waals surface area contributed by atoms with E-state index in [1.54, 1.807) is 19.4 Å². The second kappa shape index (κ2) is 11.8. The van der Waals surface area contributed by atoms with E-state index < -0.39 is 11.5 Å². The van der Waals surface area contributed by atoms with E-state index in [4.69, 9.17) is 9.47 Å². The van der Waals surface area contributed by atoms with Crippen LogP contribution < -0.4 is 4.74 Å². The normalized spacial score (nSPS) is 13.9. The molecule has 0 aliphatic rings. The molecule has 0 fully saturated rings. The van der Waals surface area contributed by atoms with Crippen LogP contribution in [0.5, 0.6) is 5.75 Å². The summed E-state index contributed by atoms with van der Waals surface area (Å²) in [6, 6.07) is 13.7. The predicted molar refractivity (Wildman–Crippen MR) is 140 cm³/mol. The van der Waals surface area contributed by atoms with Gasteiger partial charge >= 0.3 is 5.97 Å². The van der Waals surface area contributed by atoms with E-state index >= 15 is 0 Å². The summed E-state index contributed by atoms with van der Waals surface area (Å²) in [7, 11) is 1.67. The number of nitrogens with zero attached hydrogens (tertiary/aromatic N) is 1. The first-order chi connectivity index (χ1) is 16.0. The number of hydrogen-bond acceptors (Lipinski definition) is 4. The van der Waals surface area contributed by atoms with Crippen LogP contribution in [-0.4, -0.2) is 18.1 Å². The van der Waals surface area contributed by atoms with Crippen LogP contribution in [-0.2, 0) is 16.0 Å². The highest BCUT2D eigenvalue weighted by Gasteiger charge is 2.38. The Morgan fingerprint density at radius 2 is 1.88 bits per heavy atom. The Labute approximate surface area is 205 Å². The maximum Gasteiger partial charge on any atom is 0.312 e. The standard InChI is InChI=1S/C30H39NO3/c1-9-22(3)18-24(10-2)27(26-16-11-12-17-31-26)34-28(32)30(6,7)21-29(4,5)20-23-14-13-15-25(19-23)33-8/h9-19,27H,2,20-21H2,1,3-8H3/b22-9-,24-18+. The Hall–Kier alpha value is -3.14. The number of benzene rings is 1. The number of pyridine rings is 1. The van der Waals surface area contributed by atoms with Gasteiger partial charge in [0.05, 0.1) is 18.2 Å². The van der Waals surface area contributed by atoms with Crippen LogP contribution in [0.2, 0.25) is 0 Å². The Morgan fingerprint density at radius 3 is 2.47 bits per heavy atom. The number of methoxy groups -OCH3 is 1. The molecule has 0 saturated carbocycles. The lowest BCUT2D eigenvalue weighted by molar-refractivity contribution is -0.160. The number of rotatable bonds is 11. The Balaban J connectivity index is 2.27. The molecule has 0 aliphatic heterocycles. The fourth-order valence-corrected chi connectivity index (χ4v) is 4.35. The van der Waals surface area contributed by atoms with Crippen LogP contribution >= 0.6 is 0 Å². The van der Waals surface area contributed by atoms with Gasteiger partial charge in [0.15, 0.2) is 6.10 Å². The fraction of sp³-hybridized carbons (Fsp3) is 0.400. The summed E-state index contributed by atoms with van der Waals surface area (Å²) in [5.41, 5.74) is 2.89. The summed E-state index contributed by atoms with van der Waals surface area (Å²) in [6.45, 7) is 16.2. The van der Waals surface area contributed by atoms with E-state index in [1.165, 1.54) is 5.56 Å². The van der Waals surface area contributed by atoms with Gasteiger partial charge in [-0.05, 0) is 81.4 Å². The van der Waals surface area contributed by atoms with Gasteiger partial charge in [-0.15, -0.1) is 0 Å². The van der Waals surface area contributed by atoms with E-state index in [2.05, 4.69) is 37.5 Å². The minimum absolute atomic E-state index is 0.131. The average Bonchev–Trinajstić information content (AvgIpc) is 2.80. The van der Waals surface area contributed by atoms with Crippen molar-refractivity contribution in [3.63, 3.8) is 0 Å². The van der Waals surface area contributed by atoms with Gasteiger partial charge in [0, 0.05) is 6.20 Å². The van der Waals surface area contributed by atoms with Crippen LogP contribution in [0.25, 0.3) is 0 Å². The van der Waals surface area contributed by atoms with Crippen LogP contribution in [0.3, 0.4) is 0 Å². The molecule has 4 nitrogen and oxygen atoms in total. The van der Waals surface area contributed by atoms with Gasteiger partial charge in [-0.1, -0.05) is 62.4 Å². The molecule has 0 spiro atoms. The van der Waals surface area contributed by atoms with Gasteiger partial charge in [0.2, 0.25) is 0 Å². The zero-order chi connectivity index (χ0) is 25.4. The molecule has 4 heteroatoms. The third-order valence-corrected chi connectivity index (χ3v) is 5.86. The summed E-state index contributed by atoms with van der Waals surface area (Å²) in [4.78, 5) is 18.0. The van der Waals surface area contributed by atoms with Gasteiger partial charge < -0.3 is 9.47 Å². The smallest absolute Gasteiger partial charge is 0.312 e. The van der Waals surface area contributed by atoms with E-state index in [0.29, 0.717) is 12.1 Å². The van der Waals surface area contributed by atoms with E-state index in [-0.39, 0.29) is 11.4 Å². The number of hydrogen-bond donors (Lipinski definition) is 0. The molecule has 1 atom stereocenters. The second-order valence-corrected chi connectivity index (χ2v) is 10.2. The quantitative estimate of drug-likeness (QED) is 0.258. The van der Waals surface area contributed by atoms with Crippen molar-refractivity contribution in [1.82, 2.24) is 4.98 Å². The number of aromatic nitrogens is 1. The van der Waals surface area contributed by atoms with Crippen LogP contribution in [0.1, 0.15) is 65.3 Å². The highest BCUT2D eigenvalue weighted by atomic mass is 16.5. The maximum atomic E-state index is 13.5. The lowest BCUT2D eigenvalue weighted by atomic mass is 9.72. The Kier molecular flexibility index (Phi) is 9.43. The monoisotopic (exact) mass is 461 g/mol. The summed E-state index contributed by atoms with van der Waals surface area (Å²) in [5.74, 6) is 0.582. The second-order valence-electron chi connectivity index (χ2n) is 10.2. The van der Waals surface area contributed by atoms with Crippen molar-refractivity contribution >= 4 is 5.97 Å². The highest BCUT2D eigenvalue weighted by molar-refractivity contribution is 5.76. The maximum absolute atomic E-state index is 13.5. The topological polar surface area (TPSA) is 48.4 Å². The van der Waals surface area contributed by atoms with Crippen molar-refractivity contribution in [2.24, 2.45) is 10.8 Å². The van der Waals surface area contributed by atoms with E-state index in [0.717, 1.165) is 23.3 Å². The van der Waals surface area contributed by atoms with Gasteiger partial charge in [-0.25, -0.2) is 0 Å². The summed E-state index contributed by atoms with van der Waals surface area (Å²) >= 11 is 0. The molecule has 0 radical (unpaired) electrons. The highest BCUT2D eigenvalue weighted by Crippen LogP contribution is 2.39. The molecular weight excluding hydrogens is 422 g/mol. The number of esters is 1. The number of ether oxygens (including phenoxy) is 2. The minimum atomic E-state index is -0.697. The zero-order valence-corrected chi connectivity index (χ0v) is 21.7. The van der Waals surface area contributed by atoms with Crippen molar-refractivity contribution in [3.8, 4) is 5.75 Å². The van der Waals surface area contributed by atoms with Crippen LogP contribution in [0.4, 0.5) is 0 Å². The summed E-state index contributed by atoms with van der Waals surface area (Å²) < 4.78 is 11.5. The number of allylic oxidation sites excluding steroid dienone is 3. The first-order valence-electron chi connectivity index (χ1n) is 11.7. The molecular formula is C30H39NO3. The van der Waals surface area contributed by atoms with Crippen LogP contribution in [0.15, 0.2) is 84.6 Å². The van der Waals surface area contributed by atoms with Crippen molar-refractivity contribution in [2.75, 3.05) is 7.11 Å².